The molecular formula is C16H22BrNO2S. The number of hydrogen-bond acceptors (Lipinski definition) is 3. The van der Waals surface area contributed by atoms with Gasteiger partial charge in [-0.2, -0.15) is 0 Å². The van der Waals surface area contributed by atoms with Crippen molar-refractivity contribution in [2.75, 3.05) is 13.1 Å². The predicted molar refractivity (Wildman–Crippen MR) is 90.8 cm³/mol. The number of amides is 1. The zero-order chi connectivity index (χ0) is 15.5. The van der Waals surface area contributed by atoms with Gasteiger partial charge in [0.1, 0.15) is 5.60 Å². The Morgan fingerprint density at radius 1 is 1.33 bits per heavy atom. The summed E-state index contributed by atoms with van der Waals surface area (Å²) in [5, 5.41) is 0.568. The van der Waals surface area contributed by atoms with E-state index in [4.69, 9.17) is 4.74 Å². The highest BCUT2D eigenvalue weighted by atomic mass is 79.9. The number of piperidine rings is 1. The van der Waals surface area contributed by atoms with E-state index in [9.17, 15) is 4.79 Å². The summed E-state index contributed by atoms with van der Waals surface area (Å²) in [4.78, 5) is 15.1. The predicted octanol–water partition coefficient (Wildman–Crippen LogP) is 4.94. The Kier molecular flexibility index (Phi) is 5.60. The van der Waals surface area contributed by atoms with Crippen LogP contribution in [0.4, 0.5) is 4.79 Å². The van der Waals surface area contributed by atoms with Crippen LogP contribution in [0.2, 0.25) is 0 Å². The van der Waals surface area contributed by atoms with Gasteiger partial charge in [-0.05, 0) is 51.8 Å². The maximum Gasteiger partial charge on any atom is 0.410 e. The van der Waals surface area contributed by atoms with Crippen LogP contribution in [0.3, 0.4) is 0 Å². The molecule has 0 radical (unpaired) electrons. The smallest absolute Gasteiger partial charge is 0.410 e. The molecule has 0 atom stereocenters. The van der Waals surface area contributed by atoms with E-state index in [1.807, 2.05) is 43.5 Å². The summed E-state index contributed by atoms with van der Waals surface area (Å²) in [5.74, 6) is 0. The van der Waals surface area contributed by atoms with Gasteiger partial charge in [-0.3, -0.25) is 0 Å². The van der Waals surface area contributed by atoms with E-state index in [-0.39, 0.29) is 6.09 Å². The summed E-state index contributed by atoms with van der Waals surface area (Å²) in [6.45, 7) is 7.27. The molecule has 1 aliphatic heterocycles. The van der Waals surface area contributed by atoms with E-state index < -0.39 is 5.60 Å². The van der Waals surface area contributed by atoms with E-state index in [1.165, 1.54) is 4.90 Å². The van der Waals surface area contributed by atoms with Crippen LogP contribution in [-0.2, 0) is 4.74 Å². The zero-order valence-electron chi connectivity index (χ0n) is 12.8. The normalized spacial score (nSPS) is 16.9. The summed E-state index contributed by atoms with van der Waals surface area (Å²) >= 11 is 5.40. The maximum absolute atomic E-state index is 12.0. The Labute approximate surface area is 139 Å². The minimum absolute atomic E-state index is 0.187. The molecular weight excluding hydrogens is 350 g/mol. The van der Waals surface area contributed by atoms with Crippen LogP contribution in [-0.4, -0.2) is 34.9 Å². The molecule has 5 heteroatoms. The molecule has 0 saturated carbocycles. The van der Waals surface area contributed by atoms with Crippen LogP contribution in [0.5, 0.6) is 0 Å². The summed E-state index contributed by atoms with van der Waals surface area (Å²) in [5.41, 5.74) is -0.418. The van der Waals surface area contributed by atoms with Gasteiger partial charge >= 0.3 is 6.09 Å². The number of benzene rings is 1. The fourth-order valence-corrected chi connectivity index (χ4v) is 3.95. The van der Waals surface area contributed by atoms with E-state index in [0.717, 1.165) is 30.4 Å². The fraction of sp³-hybridized carbons (Fsp3) is 0.562. The van der Waals surface area contributed by atoms with Crippen molar-refractivity contribution in [1.29, 1.82) is 0 Å². The van der Waals surface area contributed by atoms with Gasteiger partial charge in [0.15, 0.2) is 0 Å². The van der Waals surface area contributed by atoms with Crippen molar-refractivity contribution in [2.24, 2.45) is 0 Å². The van der Waals surface area contributed by atoms with Gasteiger partial charge in [0.2, 0.25) is 0 Å². The minimum Gasteiger partial charge on any atom is -0.444 e. The molecule has 1 saturated heterocycles. The molecule has 1 aliphatic rings. The summed E-state index contributed by atoms with van der Waals surface area (Å²) in [6.07, 6.45) is 1.83. The fourth-order valence-electron chi connectivity index (χ4n) is 2.22. The third-order valence-corrected chi connectivity index (χ3v) is 5.02. The minimum atomic E-state index is -0.418. The van der Waals surface area contributed by atoms with Crippen LogP contribution in [0.25, 0.3) is 0 Å². The molecule has 0 bridgehead atoms. The van der Waals surface area contributed by atoms with Gasteiger partial charge < -0.3 is 9.64 Å². The van der Waals surface area contributed by atoms with Crippen LogP contribution >= 0.6 is 27.7 Å². The summed E-state index contributed by atoms with van der Waals surface area (Å²) < 4.78 is 6.53. The number of thioether (sulfide) groups is 1. The Balaban J connectivity index is 1.82. The van der Waals surface area contributed by atoms with Crippen molar-refractivity contribution in [3.63, 3.8) is 0 Å². The Bertz CT molecular complexity index is 493. The first-order valence-electron chi connectivity index (χ1n) is 7.24. The highest BCUT2D eigenvalue weighted by Gasteiger charge is 2.27. The Hall–Kier alpha value is -0.680. The third kappa shape index (κ3) is 5.55. The van der Waals surface area contributed by atoms with Crippen LogP contribution in [0.15, 0.2) is 33.6 Å². The van der Waals surface area contributed by atoms with Gasteiger partial charge in [0.25, 0.3) is 0 Å². The lowest BCUT2D eigenvalue weighted by Crippen LogP contribution is -2.42. The Morgan fingerprint density at radius 2 is 2.00 bits per heavy atom. The average Bonchev–Trinajstić information content (AvgIpc) is 2.37. The number of nitrogens with zero attached hydrogens (tertiary/aromatic N) is 1. The van der Waals surface area contributed by atoms with Crippen molar-refractivity contribution < 1.29 is 9.53 Å². The van der Waals surface area contributed by atoms with E-state index in [0.29, 0.717) is 5.25 Å². The van der Waals surface area contributed by atoms with Crippen molar-refractivity contribution in [1.82, 2.24) is 4.90 Å². The van der Waals surface area contributed by atoms with Gasteiger partial charge in [-0.25, -0.2) is 4.79 Å². The average molecular weight is 372 g/mol. The van der Waals surface area contributed by atoms with E-state index >= 15 is 0 Å². The standard InChI is InChI=1S/C16H22BrNO2S/c1-16(2,3)20-15(19)18-9-7-13(8-10-18)21-14-6-4-5-12(17)11-14/h4-6,11,13H,7-10H2,1-3H3. The molecule has 2 rings (SSSR count). The van der Waals surface area contributed by atoms with Crippen molar-refractivity contribution in [2.45, 2.75) is 49.4 Å². The monoisotopic (exact) mass is 371 g/mol. The second-order valence-electron chi connectivity index (χ2n) is 6.24. The van der Waals surface area contributed by atoms with E-state index in [2.05, 4.69) is 34.1 Å². The van der Waals surface area contributed by atoms with Crippen LogP contribution < -0.4 is 0 Å². The van der Waals surface area contributed by atoms with Crippen molar-refractivity contribution in [3.05, 3.63) is 28.7 Å². The number of rotatable bonds is 2. The number of halogens is 1. The third-order valence-electron chi connectivity index (χ3n) is 3.19. The molecule has 0 aromatic heterocycles. The number of carbonyl (C=O) groups excluding carboxylic acids is 1. The highest BCUT2D eigenvalue weighted by molar-refractivity contribution is 9.10. The molecule has 1 fully saturated rings. The van der Waals surface area contributed by atoms with Crippen molar-refractivity contribution >= 4 is 33.8 Å². The van der Waals surface area contributed by atoms with E-state index in [1.54, 1.807) is 0 Å². The molecule has 1 heterocycles. The molecule has 116 valence electrons. The second kappa shape index (κ2) is 7.05. The lowest BCUT2D eigenvalue weighted by Gasteiger charge is -2.33. The zero-order valence-corrected chi connectivity index (χ0v) is 15.2. The molecule has 1 aromatic rings. The first-order chi connectivity index (χ1) is 9.83. The first-order valence-corrected chi connectivity index (χ1v) is 8.91. The molecule has 0 N–H and O–H groups in total. The van der Waals surface area contributed by atoms with Crippen molar-refractivity contribution in [3.8, 4) is 0 Å². The molecule has 0 spiro atoms. The van der Waals surface area contributed by atoms with Gasteiger partial charge in [0.05, 0.1) is 0 Å². The second-order valence-corrected chi connectivity index (χ2v) is 8.53. The number of carbonyl (C=O) groups is 1. The summed E-state index contributed by atoms with van der Waals surface area (Å²) in [7, 11) is 0. The molecule has 3 nitrogen and oxygen atoms in total. The topological polar surface area (TPSA) is 29.5 Å². The molecule has 21 heavy (non-hydrogen) atoms. The van der Waals surface area contributed by atoms with Crippen LogP contribution in [0, 0.1) is 0 Å². The van der Waals surface area contributed by atoms with Gasteiger partial charge in [0, 0.05) is 27.7 Å². The maximum atomic E-state index is 12.0. The van der Waals surface area contributed by atoms with Gasteiger partial charge in [-0.1, -0.05) is 22.0 Å². The number of hydrogen-bond donors (Lipinski definition) is 0. The lowest BCUT2D eigenvalue weighted by atomic mass is 10.1. The molecule has 1 aromatic carbocycles. The van der Waals surface area contributed by atoms with Crippen LogP contribution in [0.1, 0.15) is 33.6 Å². The highest BCUT2D eigenvalue weighted by Crippen LogP contribution is 2.32. The Morgan fingerprint density at radius 3 is 2.57 bits per heavy atom. The SMILES string of the molecule is CC(C)(C)OC(=O)N1CCC(Sc2cccc(Br)c2)CC1. The molecule has 1 amide bonds. The summed E-state index contributed by atoms with van der Waals surface area (Å²) in [6, 6.07) is 8.37. The first kappa shape index (κ1) is 16.7. The largest absolute Gasteiger partial charge is 0.444 e. The number of ether oxygens (including phenoxy) is 1. The van der Waals surface area contributed by atoms with Gasteiger partial charge in [-0.15, -0.1) is 11.8 Å². The lowest BCUT2D eigenvalue weighted by molar-refractivity contribution is 0.0219. The molecule has 0 aliphatic carbocycles. The number of likely N-dealkylation sites (tertiary alicyclic amines) is 1. The molecule has 0 unspecified atom stereocenters. The quantitative estimate of drug-likeness (QED) is 0.736.